The fourth-order valence-electron chi connectivity index (χ4n) is 3.43. The van der Waals surface area contributed by atoms with Gasteiger partial charge in [0.1, 0.15) is 6.54 Å². The van der Waals surface area contributed by atoms with Crippen LogP contribution in [-0.2, 0) is 11.3 Å². The van der Waals surface area contributed by atoms with Gasteiger partial charge in [0.25, 0.3) is 0 Å². The Balaban J connectivity index is 1.48. The number of aromatic nitrogens is 3. The second kappa shape index (κ2) is 5.91. The first-order valence-corrected chi connectivity index (χ1v) is 8.10. The smallest absolute Gasteiger partial charge is 0.242 e. The Bertz CT molecular complexity index is 805. The zero-order valence-electron chi connectivity index (χ0n) is 13.0. The number of nitrogens with zero attached hydrogens (tertiary/aromatic N) is 4. The first kappa shape index (κ1) is 14.1. The minimum absolute atomic E-state index is 0.191. The van der Waals surface area contributed by atoms with Crippen LogP contribution in [0.15, 0.2) is 55.2 Å². The number of carbonyl (C=O) groups is 1. The van der Waals surface area contributed by atoms with Crippen molar-refractivity contribution in [3.8, 4) is 0 Å². The molecule has 0 aliphatic carbocycles. The maximum Gasteiger partial charge on any atom is 0.242 e. The average Bonchev–Trinajstić information content (AvgIpc) is 3.25. The van der Waals surface area contributed by atoms with Crippen molar-refractivity contribution < 1.29 is 4.79 Å². The first-order valence-electron chi connectivity index (χ1n) is 8.10. The summed E-state index contributed by atoms with van der Waals surface area (Å²) in [5, 5.41) is 1.18. The molecule has 1 amide bonds. The predicted octanol–water partition coefficient (Wildman–Crippen LogP) is 2.70. The van der Waals surface area contributed by atoms with Gasteiger partial charge in [0.05, 0.1) is 12.4 Å². The number of fused-ring (bicyclic) bond motifs is 1. The Hall–Kier alpha value is -2.56. The summed E-state index contributed by atoms with van der Waals surface area (Å²) in [5.41, 5.74) is 1.11. The summed E-state index contributed by atoms with van der Waals surface area (Å²) in [6, 6.07) is 10.6. The number of amides is 1. The van der Waals surface area contributed by atoms with Gasteiger partial charge in [0.15, 0.2) is 0 Å². The molecule has 3 heterocycles. The summed E-state index contributed by atoms with van der Waals surface area (Å²) in [6.45, 7) is 2.03. The van der Waals surface area contributed by atoms with Crippen LogP contribution >= 0.6 is 0 Å². The lowest BCUT2D eigenvalue weighted by atomic mass is 10.1. The van der Waals surface area contributed by atoms with Crippen LogP contribution in [0.25, 0.3) is 10.9 Å². The van der Waals surface area contributed by atoms with Gasteiger partial charge in [-0.2, -0.15) is 0 Å². The number of hydrogen-bond acceptors (Lipinski definition) is 2. The molecule has 0 spiro atoms. The van der Waals surface area contributed by atoms with Crippen molar-refractivity contribution in [3.05, 3.63) is 55.2 Å². The zero-order chi connectivity index (χ0) is 15.6. The number of para-hydroxylation sites is 1. The molecule has 3 aromatic rings. The molecule has 4 rings (SSSR count). The van der Waals surface area contributed by atoms with Crippen molar-refractivity contribution in [1.29, 1.82) is 0 Å². The summed E-state index contributed by atoms with van der Waals surface area (Å²) < 4.78 is 4.16. The van der Waals surface area contributed by atoms with E-state index in [4.69, 9.17) is 0 Å². The number of hydrogen-bond donors (Lipinski definition) is 0. The molecule has 0 unspecified atom stereocenters. The lowest BCUT2D eigenvalue weighted by Gasteiger charge is -2.33. The van der Waals surface area contributed by atoms with E-state index in [1.165, 1.54) is 5.39 Å². The number of carbonyl (C=O) groups excluding carboxylic acids is 1. The molecule has 1 aliphatic heterocycles. The van der Waals surface area contributed by atoms with E-state index < -0.39 is 0 Å². The molecule has 0 saturated carbocycles. The predicted molar refractivity (Wildman–Crippen MR) is 89.0 cm³/mol. The van der Waals surface area contributed by atoms with E-state index in [0.717, 1.165) is 31.4 Å². The Morgan fingerprint density at radius 1 is 1.22 bits per heavy atom. The van der Waals surface area contributed by atoms with E-state index in [9.17, 15) is 4.79 Å². The van der Waals surface area contributed by atoms with Gasteiger partial charge < -0.3 is 14.0 Å². The van der Waals surface area contributed by atoms with Crippen LogP contribution in [0.5, 0.6) is 0 Å². The number of likely N-dealkylation sites (tertiary alicyclic amines) is 1. The highest BCUT2D eigenvalue weighted by molar-refractivity contribution is 5.83. The minimum atomic E-state index is 0.191. The minimum Gasteiger partial charge on any atom is -0.339 e. The molecule has 2 aromatic heterocycles. The van der Waals surface area contributed by atoms with Gasteiger partial charge >= 0.3 is 0 Å². The van der Waals surface area contributed by atoms with Crippen molar-refractivity contribution in [2.45, 2.75) is 25.4 Å². The summed E-state index contributed by atoms with van der Waals surface area (Å²) in [5.74, 6) is 0.191. The van der Waals surface area contributed by atoms with Crippen LogP contribution in [0.4, 0.5) is 0 Å². The summed E-state index contributed by atoms with van der Waals surface area (Å²) in [7, 11) is 0. The molecule has 5 nitrogen and oxygen atoms in total. The second-order valence-corrected chi connectivity index (χ2v) is 6.15. The third-order valence-electron chi connectivity index (χ3n) is 4.68. The van der Waals surface area contributed by atoms with Crippen LogP contribution in [-0.4, -0.2) is 38.0 Å². The average molecular weight is 308 g/mol. The van der Waals surface area contributed by atoms with Gasteiger partial charge in [-0.1, -0.05) is 18.2 Å². The van der Waals surface area contributed by atoms with E-state index in [1.807, 2.05) is 40.3 Å². The maximum absolute atomic E-state index is 12.7. The molecule has 1 aliphatic rings. The second-order valence-electron chi connectivity index (χ2n) is 6.15. The molecule has 0 N–H and O–H groups in total. The molecule has 1 atom stereocenters. The van der Waals surface area contributed by atoms with Crippen LogP contribution in [0.3, 0.4) is 0 Å². The topological polar surface area (TPSA) is 43.1 Å². The van der Waals surface area contributed by atoms with Gasteiger partial charge in [-0.05, 0) is 30.4 Å². The van der Waals surface area contributed by atoms with Crippen LogP contribution in [0.2, 0.25) is 0 Å². The Morgan fingerprint density at radius 2 is 2.13 bits per heavy atom. The number of imidazole rings is 1. The van der Waals surface area contributed by atoms with Gasteiger partial charge in [-0.25, -0.2) is 4.98 Å². The van der Waals surface area contributed by atoms with Gasteiger partial charge in [0, 0.05) is 37.2 Å². The number of rotatable bonds is 3. The lowest BCUT2D eigenvalue weighted by Crippen LogP contribution is -2.42. The third kappa shape index (κ3) is 2.74. The normalized spacial score (nSPS) is 18.4. The Kier molecular flexibility index (Phi) is 3.61. The molecular formula is C18H20N4O. The molecule has 1 fully saturated rings. The van der Waals surface area contributed by atoms with E-state index in [2.05, 4.69) is 27.8 Å². The van der Waals surface area contributed by atoms with Gasteiger partial charge in [0.2, 0.25) is 5.91 Å². The summed E-state index contributed by atoms with van der Waals surface area (Å²) in [6.07, 6.45) is 9.77. The lowest BCUT2D eigenvalue weighted by molar-refractivity contribution is -0.133. The fourth-order valence-corrected chi connectivity index (χ4v) is 3.43. The van der Waals surface area contributed by atoms with E-state index in [1.54, 1.807) is 6.20 Å². The molecule has 1 aromatic carbocycles. The van der Waals surface area contributed by atoms with E-state index in [0.29, 0.717) is 12.6 Å². The molecular weight excluding hydrogens is 288 g/mol. The molecule has 0 radical (unpaired) electrons. The van der Waals surface area contributed by atoms with E-state index >= 15 is 0 Å². The highest BCUT2D eigenvalue weighted by Gasteiger charge is 2.24. The van der Waals surface area contributed by atoms with Crippen molar-refractivity contribution in [2.75, 3.05) is 13.1 Å². The van der Waals surface area contributed by atoms with E-state index in [-0.39, 0.29) is 5.91 Å². The molecule has 23 heavy (non-hydrogen) atoms. The molecule has 5 heteroatoms. The van der Waals surface area contributed by atoms with Crippen LogP contribution < -0.4 is 0 Å². The van der Waals surface area contributed by atoms with Crippen molar-refractivity contribution in [3.63, 3.8) is 0 Å². The SMILES string of the molecule is O=C(Cn1ccc2ccccc21)N1CCC[C@@H](n2ccnc2)C1. The van der Waals surface area contributed by atoms with Gasteiger partial charge in [-0.3, -0.25) is 4.79 Å². The number of benzene rings is 1. The maximum atomic E-state index is 12.7. The quantitative estimate of drug-likeness (QED) is 0.746. The fraction of sp³-hybridized carbons (Fsp3) is 0.333. The van der Waals surface area contributed by atoms with Crippen molar-refractivity contribution >= 4 is 16.8 Å². The molecule has 0 bridgehead atoms. The highest BCUT2D eigenvalue weighted by atomic mass is 16.2. The van der Waals surface area contributed by atoms with Crippen LogP contribution in [0, 0.1) is 0 Å². The number of piperidine rings is 1. The standard InChI is InChI=1S/C18H20N4O/c23-18(13-20-10-7-15-4-1-2-6-17(15)20)21-9-3-5-16(12-21)22-11-8-19-14-22/h1-2,4,6-8,10-11,14,16H,3,5,9,12-13H2/t16-/m1/s1. The molecule has 1 saturated heterocycles. The Morgan fingerprint density at radius 3 is 3.00 bits per heavy atom. The highest BCUT2D eigenvalue weighted by Crippen LogP contribution is 2.22. The summed E-state index contributed by atoms with van der Waals surface area (Å²) in [4.78, 5) is 18.8. The zero-order valence-corrected chi connectivity index (χ0v) is 13.0. The monoisotopic (exact) mass is 308 g/mol. The summed E-state index contributed by atoms with van der Waals surface area (Å²) >= 11 is 0. The largest absolute Gasteiger partial charge is 0.339 e. The van der Waals surface area contributed by atoms with Gasteiger partial charge in [-0.15, -0.1) is 0 Å². The van der Waals surface area contributed by atoms with Crippen LogP contribution in [0.1, 0.15) is 18.9 Å². The Labute approximate surface area is 135 Å². The van der Waals surface area contributed by atoms with Crippen molar-refractivity contribution in [1.82, 2.24) is 19.0 Å². The third-order valence-corrected chi connectivity index (χ3v) is 4.68. The van der Waals surface area contributed by atoms with Crippen molar-refractivity contribution in [2.24, 2.45) is 0 Å². The molecule has 118 valence electrons. The first-order chi connectivity index (χ1) is 11.3.